The number of benzene rings is 3. The molecule has 4 rings (SSSR count). The molecule has 1 heteroatoms. The SMILES string of the molecule is CCc1ccc2c3c(ccc2c1)-c1ccc(C(C)(C)C)cc1CO3. The Morgan fingerprint density at radius 1 is 0.917 bits per heavy atom. The van der Waals surface area contributed by atoms with Gasteiger partial charge in [0, 0.05) is 10.9 Å². The van der Waals surface area contributed by atoms with Crippen LogP contribution in [0.25, 0.3) is 21.9 Å². The minimum atomic E-state index is 0.162. The molecule has 3 aromatic carbocycles. The van der Waals surface area contributed by atoms with E-state index in [4.69, 9.17) is 4.74 Å². The molecule has 0 bridgehead atoms. The molecule has 1 nitrogen and oxygen atoms in total. The summed E-state index contributed by atoms with van der Waals surface area (Å²) in [4.78, 5) is 0. The Labute approximate surface area is 144 Å². The number of aryl methyl sites for hydroxylation is 1. The van der Waals surface area contributed by atoms with Crippen LogP contribution in [-0.4, -0.2) is 0 Å². The molecule has 3 aromatic rings. The molecular formula is C23H24O. The van der Waals surface area contributed by atoms with Crippen molar-refractivity contribution in [2.45, 2.75) is 46.1 Å². The molecule has 0 aliphatic carbocycles. The third kappa shape index (κ3) is 2.39. The van der Waals surface area contributed by atoms with Crippen LogP contribution in [0.5, 0.6) is 5.75 Å². The van der Waals surface area contributed by atoms with Gasteiger partial charge in [0.25, 0.3) is 0 Å². The van der Waals surface area contributed by atoms with Gasteiger partial charge in [0.15, 0.2) is 0 Å². The summed E-state index contributed by atoms with van der Waals surface area (Å²) in [6, 6.07) is 18.0. The number of fused-ring (bicyclic) bond motifs is 5. The third-order valence-corrected chi connectivity index (χ3v) is 5.08. The number of hydrogen-bond donors (Lipinski definition) is 0. The average Bonchev–Trinajstić information content (AvgIpc) is 2.59. The van der Waals surface area contributed by atoms with Gasteiger partial charge in [0.1, 0.15) is 12.4 Å². The van der Waals surface area contributed by atoms with Crippen molar-refractivity contribution in [1.82, 2.24) is 0 Å². The molecule has 0 fully saturated rings. The van der Waals surface area contributed by atoms with E-state index in [-0.39, 0.29) is 5.41 Å². The molecule has 0 aromatic heterocycles. The summed E-state index contributed by atoms with van der Waals surface area (Å²) in [5.74, 6) is 1.03. The largest absolute Gasteiger partial charge is 0.488 e. The lowest BCUT2D eigenvalue weighted by molar-refractivity contribution is 0.306. The first-order chi connectivity index (χ1) is 11.5. The quantitative estimate of drug-likeness (QED) is 0.515. The van der Waals surface area contributed by atoms with E-state index >= 15 is 0 Å². The lowest BCUT2D eigenvalue weighted by atomic mass is 9.83. The van der Waals surface area contributed by atoms with Gasteiger partial charge >= 0.3 is 0 Å². The Bertz CT molecular complexity index is 929. The maximum absolute atomic E-state index is 6.20. The summed E-state index contributed by atoms with van der Waals surface area (Å²) in [5, 5.41) is 2.48. The standard InChI is InChI=1S/C23H24O/c1-5-15-6-9-20-16(12-15)7-10-21-19-11-8-18(23(2,3)4)13-17(19)14-24-22(20)21/h6-13H,5,14H2,1-4H3. The third-order valence-electron chi connectivity index (χ3n) is 5.08. The van der Waals surface area contributed by atoms with Crippen LogP contribution in [0.4, 0.5) is 0 Å². The first-order valence-corrected chi connectivity index (χ1v) is 8.79. The molecule has 0 spiro atoms. The summed E-state index contributed by atoms with van der Waals surface area (Å²) in [5.41, 5.74) is 6.71. The van der Waals surface area contributed by atoms with Crippen LogP contribution in [0, 0.1) is 0 Å². The van der Waals surface area contributed by atoms with Gasteiger partial charge < -0.3 is 4.74 Å². The molecule has 122 valence electrons. The van der Waals surface area contributed by atoms with Gasteiger partial charge in [-0.15, -0.1) is 0 Å². The second-order valence-electron chi connectivity index (χ2n) is 7.76. The lowest BCUT2D eigenvalue weighted by Crippen LogP contribution is -2.13. The first kappa shape index (κ1) is 15.3. The maximum atomic E-state index is 6.20. The highest BCUT2D eigenvalue weighted by Gasteiger charge is 2.22. The molecule has 0 unspecified atom stereocenters. The second kappa shape index (κ2) is 5.37. The van der Waals surface area contributed by atoms with E-state index in [1.807, 2.05) is 0 Å². The van der Waals surface area contributed by atoms with Crippen LogP contribution >= 0.6 is 0 Å². The predicted octanol–water partition coefficient (Wildman–Crippen LogP) is 6.26. The molecule has 0 saturated carbocycles. The minimum Gasteiger partial charge on any atom is -0.488 e. The van der Waals surface area contributed by atoms with Crippen molar-refractivity contribution in [2.75, 3.05) is 0 Å². The monoisotopic (exact) mass is 316 g/mol. The van der Waals surface area contributed by atoms with Gasteiger partial charge in [0.2, 0.25) is 0 Å². The highest BCUT2D eigenvalue weighted by Crippen LogP contribution is 2.43. The Hall–Kier alpha value is -2.28. The van der Waals surface area contributed by atoms with E-state index in [9.17, 15) is 0 Å². The summed E-state index contributed by atoms with van der Waals surface area (Å²) in [6.45, 7) is 9.61. The van der Waals surface area contributed by atoms with Crippen LogP contribution in [0.3, 0.4) is 0 Å². The fourth-order valence-corrected chi connectivity index (χ4v) is 3.53. The minimum absolute atomic E-state index is 0.162. The Balaban J connectivity index is 1.89. The van der Waals surface area contributed by atoms with Crippen molar-refractivity contribution in [3.8, 4) is 16.9 Å². The van der Waals surface area contributed by atoms with Crippen molar-refractivity contribution >= 4 is 10.8 Å². The Kier molecular flexibility index (Phi) is 3.42. The molecule has 1 heterocycles. The Morgan fingerprint density at radius 2 is 1.71 bits per heavy atom. The molecule has 0 amide bonds. The van der Waals surface area contributed by atoms with Gasteiger partial charge in [-0.05, 0) is 39.5 Å². The van der Waals surface area contributed by atoms with Gasteiger partial charge in [-0.2, -0.15) is 0 Å². The number of ether oxygens (including phenoxy) is 1. The van der Waals surface area contributed by atoms with Gasteiger partial charge in [0.05, 0.1) is 0 Å². The first-order valence-electron chi connectivity index (χ1n) is 8.79. The molecule has 1 aliphatic rings. The second-order valence-corrected chi connectivity index (χ2v) is 7.76. The fourth-order valence-electron chi connectivity index (χ4n) is 3.53. The normalized spacial score (nSPS) is 13.3. The van der Waals surface area contributed by atoms with Crippen LogP contribution in [0.15, 0.2) is 48.5 Å². The summed E-state index contributed by atoms with van der Waals surface area (Å²) >= 11 is 0. The van der Waals surface area contributed by atoms with E-state index < -0.39 is 0 Å². The van der Waals surface area contributed by atoms with Gasteiger partial charge in [-0.25, -0.2) is 0 Å². The molecule has 0 saturated heterocycles. The topological polar surface area (TPSA) is 9.23 Å². The molecule has 1 aliphatic heterocycles. The fraction of sp³-hybridized carbons (Fsp3) is 0.304. The van der Waals surface area contributed by atoms with Crippen molar-refractivity contribution in [3.05, 3.63) is 65.2 Å². The van der Waals surface area contributed by atoms with Crippen molar-refractivity contribution in [3.63, 3.8) is 0 Å². The molecule has 0 N–H and O–H groups in total. The molecule has 24 heavy (non-hydrogen) atoms. The van der Waals surface area contributed by atoms with E-state index in [0.29, 0.717) is 6.61 Å². The molecule has 0 atom stereocenters. The highest BCUT2D eigenvalue weighted by atomic mass is 16.5. The summed E-state index contributed by atoms with van der Waals surface area (Å²) in [7, 11) is 0. The maximum Gasteiger partial charge on any atom is 0.135 e. The van der Waals surface area contributed by atoms with Crippen LogP contribution in [0.2, 0.25) is 0 Å². The number of hydrogen-bond acceptors (Lipinski definition) is 1. The summed E-state index contributed by atoms with van der Waals surface area (Å²) in [6.07, 6.45) is 1.06. The van der Waals surface area contributed by atoms with E-state index in [1.54, 1.807) is 0 Å². The van der Waals surface area contributed by atoms with Crippen LogP contribution in [0.1, 0.15) is 44.4 Å². The predicted molar refractivity (Wildman–Crippen MR) is 102 cm³/mol. The van der Waals surface area contributed by atoms with E-state index in [2.05, 4.69) is 76.2 Å². The zero-order chi connectivity index (χ0) is 16.9. The van der Waals surface area contributed by atoms with Crippen LogP contribution < -0.4 is 4.74 Å². The van der Waals surface area contributed by atoms with Crippen LogP contribution in [-0.2, 0) is 18.4 Å². The van der Waals surface area contributed by atoms with E-state index in [0.717, 1.165) is 12.2 Å². The van der Waals surface area contributed by atoms with E-state index in [1.165, 1.54) is 38.6 Å². The van der Waals surface area contributed by atoms with Crippen molar-refractivity contribution in [1.29, 1.82) is 0 Å². The summed E-state index contributed by atoms with van der Waals surface area (Å²) < 4.78 is 6.20. The average molecular weight is 316 g/mol. The van der Waals surface area contributed by atoms with Crippen molar-refractivity contribution < 1.29 is 4.74 Å². The number of rotatable bonds is 1. The molecule has 0 radical (unpaired) electrons. The molecular weight excluding hydrogens is 292 g/mol. The van der Waals surface area contributed by atoms with Crippen molar-refractivity contribution in [2.24, 2.45) is 0 Å². The smallest absolute Gasteiger partial charge is 0.135 e. The zero-order valence-electron chi connectivity index (χ0n) is 14.9. The zero-order valence-corrected chi connectivity index (χ0v) is 14.9. The van der Waals surface area contributed by atoms with Gasteiger partial charge in [-0.3, -0.25) is 0 Å². The Morgan fingerprint density at radius 3 is 2.46 bits per heavy atom. The lowest BCUT2D eigenvalue weighted by Gasteiger charge is -2.26. The van der Waals surface area contributed by atoms with Gasteiger partial charge in [-0.1, -0.05) is 76.2 Å². The highest BCUT2D eigenvalue weighted by molar-refractivity contribution is 5.96.